The number of anilines is 1. The minimum Gasteiger partial charge on any atom is -0.324 e. The smallest absolute Gasteiger partial charge is 0.324 e. The number of nitrogens with one attached hydrogen (secondary N) is 2. The fourth-order valence-electron chi connectivity index (χ4n) is 2.48. The number of rotatable bonds is 4. The van der Waals surface area contributed by atoms with Crippen LogP contribution in [0.2, 0.25) is 0 Å². The minimum absolute atomic E-state index is 0.150. The summed E-state index contributed by atoms with van der Waals surface area (Å²) in [6.45, 7) is 0. The predicted octanol–water partition coefficient (Wildman–Crippen LogP) is 3.66. The molecular formula is C18H14F3N3O2S. The van der Waals surface area contributed by atoms with E-state index in [0.717, 1.165) is 17.2 Å². The molecule has 0 saturated heterocycles. The van der Waals surface area contributed by atoms with Crippen molar-refractivity contribution in [2.75, 3.05) is 5.32 Å². The van der Waals surface area contributed by atoms with E-state index in [2.05, 4.69) is 15.8 Å². The van der Waals surface area contributed by atoms with Gasteiger partial charge in [0.05, 0.1) is 22.7 Å². The van der Waals surface area contributed by atoms with Crippen LogP contribution in [0.15, 0.2) is 58.5 Å². The number of carbonyl (C=O) groups is 2. The van der Waals surface area contributed by atoms with Gasteiger partial charge in [-0.2, -0.15) is 18.3 Å². The summed E-state index contributed by atoms with van der Waals surface area (Å²) in [5, 5.41) is 5.66. The fourth-order valence-corrected chi connectivity index (χ4v) is 3.59. The van der Waals surface area contributed by atoms with Gasteiger partial charge in [0.1, 0.15) is 0 Å². The molecule has 1 aliphatic heterocycles. The van der Waals surface area contributed by atoms with Crippen LogP contribution in [0.4, 0.5) is 18.9 Å². The Labute approximate surface area is 157 Å². The summed E-state index contributed by atoms with van der Waals surface area (Å²) in [6.07, 6.45) is -3.73. The van der Waals surface area contributed by atoms with Gasteiger partial charge in [-0.15, -0.1) is 11.8 Å². The second kappa shape index (κ2) is 7.83. The standard InChI is InChI=1S/C18H14F3N3O2S/c19-18(20,21)12-6-2-1-5-11(12)10-22-24-16(25)9-15-17(26)23-13-7-3-4-8-14(13)27-15/h1-8,10,15H,9H2,(H,23,26)(H,24,25). The van der Waals surface area contributed by atoms with Crippen molar-refractivity contribution < 1.29 is 22.8 Å². The van der Waals surface area contributed by atoms with Crippen LogP contribution in [0.1, 0.15) is 17.5 Å². The molecule has 2 aromatic rings. The summed E-state index contributed by atoms with van der Waals surface area (Å²) in [7, 11) is 0. The lowest BCUT2D eigenvalue weighted by Gasteiger charge is -2.23. The maximum absolute atomic E-state index is 12.9. The monoisotopic (exact) mass is 393 g/mol. The van der Waals surface area contributed by atoms with Gasteiger partial charge in [0.2, 0.25) is 11.8 Å². The molecule has 0 aromatic heterocycles. The van der Waals surface area contributed by atoms with E-state index in [9.17, 15) is 22.8 Å². The predicted molar refractivity (Wildman–Crippen MR) is 96.5 cm³/mol. The van der Waals surface area contributed by atoms with Crippen LogP contribution in [0.25, 0.3) is 0 Å². The molecule has 0 saturated carbocycles. The first kappa shape index (κ1) is 19.0. The molecule has 3 rings (SSSR count). The van der Waals surface area contributed by atoms with Crippen molar-refractivity contribution >= 4 is 35.5 Å². The second-order valence-electron chi connectivity index (χ2n) is 5.67. The molecule has 1 aliphatic rings. The van der Waals surface area contributed by atoms with Crippen molar-refractivity contribution in [3.05, 3.63) is 59.7 Å². The third kappa shape index (κ3) is 4.68. The molecule has 2 aromatic carbocycles. The number of hydrogen-bond donors (Lipinski definition) is 2. The quantitative estimate of drug-likeness (QED) is 0.615. The van der Waals surface area contributed by atoms with Crippen molar-refractivity contribution in [3.8, 4) is 0 Å². The number of benzene rings is 2. The van der Waals surface area contributed by atoms with E-state index >= 15 is 0 Å². The summed E-state index contributed by atoms with van der Waals surface area (Å²) in [5.74, 6) is -0.872. The third-order valence-corrected chi connectivity index (χ3v) is 5.01. The van der Waals surface area contributed by atoms with Crippen molar-refractivity contribution in [3.63, 3.8) is 0 Å². The lowest BCUT2D eigenvalue weighted by Crippen LogP contribution is -2.33. The highest BCUT2D eigenvalue weighted by molar-refractivity contribution is 8.01. The van der Waals surface area contributed by atoms with Crippen LogP contribution in [-0.2, 0) is 15.8 Å². The summed E-state index contributed by atoms with van der Waals surface area (Å²) in [4.78, 5) is 24.9. The molecule has 9 heteroatoms. The maximum atomic E-state index is 12.9. The number of fused-ring (bicyclic) bond motifs is 1. The second-order valence-corrected chi connectivity index (χ2v) is 6.92. The number of thioether (sulfide) groups is 1. The van der Waals surface area contributed by atoms with Crippen LogP contribution in [0, 0.1) is 0 Å². The number of halogens is 3. The fraction of sp³-hybridized carbons (Fsp3) is 0.167. The molecule has 1 heterocycles. The molecule has 2 amide bonds. The first-order valence-electron chi connectivity index (χ1n) is 7.89. The molecular weight excluding hydrogens is 379 g/mol. The highest BCUT2D eigenvalue weighted by Gasteiger charge is 2.32. The normalized spacial score (nSPS) is 16.7. The molecule has 2 N–H and O–H groups in total. The summed E-state index contributed by atoms with van der Waals surface area (Å²) < 4.78 is 38.7. The molecule has 0 radical (unpaired) electrons. The Morgan fingerprint density at radius 1 is 1.19 bits per heavy atom. The van der Waals surface area contributed by atoms with Crippen LogP contribution in [0.5, 0.6) is 0 Å². The molecule has 0 aliphatic carbocycles. The highest BCUT2D eigenvalue weighted by atomic mass is 32.2. The summed E-state index contributed by atoms with van der Waals surface area (Å²) in [5.41, 5.74) is 1.85. The Morgan fingerprint density at radius 2 is 1.89 bits per heavy atom. The maximum Gasteiger partial charge on any atom is 0.417 e. The third-order valence-electron chi connectivity index (χ3n) is 3.74. The van der Waals surface area contributed by atoms with Gasteiger partial charge in [-0.1, -0.05) is 30.3 Å². The number of alkyl halides is 3. The lowest BCUT2D eigenvalue weighted by atomic mass is 10.1. The lowest BCUT2D eigenvalue weighted by molar-refractivity contribution is -0.137. The largest absolute Gasteiger partial charge is 0.417 e. The van der Waals surface area contributed by atoms with E-state index in [0.29, 0.717) is 5.69 Å². The van der Waals surface area contributed by atoms with Gasteiger partial charge >= 0.3 is 6.18 Å². The van der Waals surface area contributed by atoms with Gasteiger partial charge in [-0.25, -0.2) is 5.43 Å². The van der Waals surface area contributed by atoms with Crippen molar-refractivity contribution in [2.45, 2.75) is 22.7 Å². The molecule has 0 bridgehead atoms. The molecule has 0 fully saturated rings. The Kier molecular flexibility index (Phi) is 5.50. The van der Waals surface area contributed by atoms with Crippen molar-refractivity contribution in [2.24, 2.45) is 5.10 Å². The van der Waals surface area contributed by atoms with Gasteiger partial charge in [0, 0.05) is 16.9 Å². The SMILES string of the molecule is O=C(CC1Sc2ccccc2NC1=O)NN=Cc1ccccc1C(F)(F)F. The average molecular weight is 393 g/mol. The van der Waals surface area contributed by atoms with Crippen LogP contribution in [-0.4, -0.2) is 23.3 Å². The molecule has 27 heavy (non-hydrogen) atoms. The number of hydrogen-bond acceptors (Lipinski definition) is 4. The van der Waals surface area contributed by atoms with Crippen LogP contribution in [0.3, 0.4) is 0 Å². The van der Waals surface area contributed by atoms with Gasteiger partial charge < -0.3 is 5.32 Å². The van der Waals surface area contributed by atoms with Crippen molar-refractivity contribution in [1.82, 2.24) is 5.43 Å². The summed E-state index contributed by atoms with van der Waals surface area (Å²) in [6, 6.07) is 12.1. The Bertz CT molecular complexity index is 899. The minimum atomic E-state index is -4.52. The molecule has 0 spiro atoms. The van der Waals surface area contributed by atoms with Gasteiger partial charge in [0.25, 0.3) is 0 Å². The number of nitrogens with zero attached hydrogens (tertiary/aromatic N) is 1. The van der Waals surface area contributed by atoms with Crippen molar-refractivity contribution in [1.29, 1.82) is 0 Å². The van der Waals surface area contributed by atoms with E-state index in [4.69, 9.17) is 0 Å². The molecule has 5 nitrogen and oxygen atoms in total. The zero-order valence-corrected chi connectivity index (χ0v) is 14.6. The average Bonchev–Trinajstić information content (AvgIpc) is 2.62. The number of para-hydroxylation sites is 1. The first-order valence-corrected chi connectivity index (χ1v) is 8.77. The zero-order valence-electron chi connectivity index (χ0n) is 13.8. The van der Waals surface area contributed by atoms with Gasteiger partial charge in [-0.05, 0) is 18.2 Å². The van der Waals surface area contributed by atoms with Gasteiger partial charge in [-0.3, -0.25) is 9.59 Å². The van der Waals surface area contributed by atoms with E-state index < -0.39 is 22.9 Å². The first-order chi connectivity index (χ1) is 12.8. The Hall–Kier alpha value is -2.81. The van der Waals surface area contributed by atoms with Crippen LogP contribution < -0.4 is 10.7 Å². The molecule has 140 valence electrons. The Morgan fingerprint density at radius 3 is 2.67 bits per heavy atom. The van der Waals surface area contributed by atoms with Gasteiger partial charge in [0.15, 0.2) is 0 Å². The molecule has 1 unspecified atom stereocenters. The summed E-state index contributed by atoms with van der Waals surface area (Å²) >= 11 is 1.26. The van der Waals surface area contributed by atoms with E-state index in [1.807, 2.05) is 12.1 Å². The zero-order chi connectivity index (χ0) is 19.4. The number of hydrazone groups is 1. The number of amides is 2. The van der Waals surface area contributed by atoms with Crippen LogP contribution >= 0.6 is 11.8 Å². The topological polar surface area (TPSA) is 70.6 Å². The van der Waals surface area contributed by atoms with E-state index in [1.165, 1.54) is 30.0 Å². The highest BCUT2D eigenvalue weighted by Crippen LogP contribution is 2.36. The Balaban J connectivity index is 1.61. The number of carbonyl (C=O) groups excluding carboxylic acids is 2. The van der Waals surface area contributed by atoms with E-state index in [1.54, 1.807) is 12.1 Å². The molecule has 1 atom stereocenters. The van der Waals surface area contributed by atoms with E-state index in [-0.39, 0.29) is 17.9 Å².